The zero-order valence-electron chi connectivity index (χ0n) is 13.3. The van der Waals surface area contributed by atoms with Crippen LogP contribution in [-0.2, 0) is 4.79 Å². The molecule has 0 spiro atoms. The molecule has 0 heterocycles. The summed E-state index contributed by atoms with van der Waals surface area (Å²) in [6.45, 7) is -0.196. The van der Waals surface area contributed by atoms with Crippen LogP contribution in [0.15, 0.2) is 47.6 Å². The predicted molar refractivity (Wildman–Crippen MR) is 98.5 cm³/mol. The number of halogens is 2. The number of anilines is 1. The van der Waals surface area contributed by atoms with Crippen LogP contribution in [0.25, 0.3) is 0 Å². The number of hydrogen-bond donors (Lipinski definition) is 1. The van der Waals surface area contributed by atoms with Gasteiger partial charge in [0.2, 0.25) is 0 Å². The molecule has 0 fully saturated rings. The van der Waals surface area contributed by atoms with Gasteiger partial charge in [-0.1, -0.05) is 35.3 Å². The molecule has 0 aliphatic carbocycles. The van der Waals surface area contributed by atoms with Gasteiger partial charge in [0.15, 0.2) is 6.61 Å². The lowest BCUT2D eigenvalue weighted by Crippen LogP contribution is -2.24. The first-order valence-corrected chi connectivity index (χ1v) is 7.88. The third kappa shape index (κ3) is 5.44. The number of amides is 1. The third-order valence-electron chi connectivity index (χ3n) is 3.07. The van der Waals surface area contributed by atoms with Gasteiger partial charge in [-0.25, -0.2) is 5.43 Å². The van der Waals surface area contributed by atoms with Gasteiger partial charge in [0.25, 0.3) is 5.91 Å². The molecule has 0 saturated heterocycles. The first kappa shape index (κ1) is 18.1. The maximum atomic E-state index is 11.7. The SMILES string of the molecule is CN(C)c1ccc(C=NNC(=O)COc2ccc(Cl)cc2Cl)cc1. The molecule has 2 rings (SSSR count). The van der Waals surface area contributed by atoms with Crippen molar-refractivity contribution in [3.63, 3.8) is 0 Å². The molecule has 24 heavy (non-hydrogen) atoms. The Kier molecular flexibility index (Phi) is 6.46. The van der Waals surface area contributed by atoms with E-state index in [4.69, 9.17) is 27.9 Å². The largest absolute Gasteiger partial charge is 0.482 e. The molecule has 7 heteroatoms. The molecule has 0 aliphatic heterocycles. The number of benzene rings is 2. The molecule has 5 nitrogen and oxygen atoms in total. The van der Waals surface area contributed by atoms with Crippen LogP contribution in [0.5, 0.6) is 5.75 Å². The van der Waals surface area contributed by atoms with Crippen molar-refractivity contribution in [2.24, 2.45) is 5.10 Å². The summed E-state index contributed by atoms with van der Waals surface area (Å²) in [6.07, 6.45) is 1.56. The topological polar surface area (TPSA) is 53.9 Å². The molecule has 126 valence electrons. The van der Waals surface area contributed by atoms with E-state index in [9.17, 15) is 4.79 Å². The highest BCUT2D eigenvalue weighted by Crippen LogP contribution is 2.27. The van der Waals surface area contributed by atoms with Crippen LogP contribution in [0.1, 0.15) is 5.56 Å². The second-order valence-corrected chi connectivity index (χ2v) is 5.99. The van der Waals surface area contributed by atoms with Gasteiger partial charge in [0.05, 0.1) is 11.2 Å². The van der Waals surface area contributed by atoms with E-state index in [-0.39, 0.29) is 12.5 Å². The number of nitrogens with zero attached hydrogens (tertiary/aromatic N) is 2. The van der Waals surface area contributed by atoms with Gasteiger partial charge < -0.3 is 9.64 Å². The monoisotopic (exact) mass is 365 g/mol. The van der Waals surface area contributed by atoms with Gasteiger partial charge in [0, 0.05) is 24.8 Å². The fourth-order valence-corrected chi connectivity index (χ4v) is 2.27. The zero-order valence-corrected chi connectivity index (χ0v) is 14.8. The first-order valence-electron chi connectivity index (χ1n) is 7.13. The first-order chi connectivity index (χ1) is 11.5. The highest BCUT2D eigenvalue weighted by Gasteiger charge is 2.05. The van der Waals surface area contributed by atoms with Gasteiger partial charge in [0.1, 0.15) is 5.75 Å². The molecule has 0 bridgehead atoms. The fraction of sp³-hybridized carbons (Fsp3) is 0.176. The fourth-order valence-electron chi connectivity index (χ4n) is 1.81. The Hall–Kier alpha value is -2.24. The van der Waals surface area contributed by atoms with E-state index in [0.717, 1.165) is 11.3 Å². The van der Waals surface area contributed by atoms with Crippen LogP contribution < -0.4 is 15.1 Å². The quantitative estimate of drug-likeness (QED) is 0.628. The Morgan fingerprint density at radius 1 is 1.21 bits per heavy atom. The van der Waals surface area contributed by atoms with Crippen molar-refractivity contribution in [3.8, 4) is 5.75 Å². The van der Waals surface area contributed by atoms with Crippen LogP contribution in [0.2, 0.25) is 10.0 Å². The van der Waals surface area contributed by atoms with Crippen LogP contribution in [-0.4, -0.2) is 32.8 Å². The Morgan fingerprint density at radius 3 is 2.54 bits per heavy atom. The molecule has 1 N–H and O–H groups in total. The highest BCUT2D eigenvalue weighted by atomic mass is 35.5. The molecule has 0 atom stereocenters. The third-order valence-corrected chi connectivity index (χ3v) is 3.60. The highest BCUT2D eigenvalue weighted by molar-refractivity contribution is 6.35. The lowest BCUT2D eigenvalue weighted by molar-refractivity contribution is -0.123. The maximum absolute atomic E-state index is 11.7. The average Bonchev–Trinajstić information content (AvgIpc) is 2.54. The lowest BCUT2D eigenvalue weighted by atomic mass is 10.2. The summed E-state index contributed by atoms with van der Waals surface area (Å²) in [5.74, 6) is 0.00153. The summed E-state index contributed by atoms with van der Waals surface area (Å²) >= 11 is 11.8. The minimum atomic E-state index is -0.387. The van der Waals surface area contributed by atoms with Crippen molar-refractivity contribution < 1.29 is 9.53 Å². The second kappa shape index (κ2) is 8.57. The number of hydrogen-bond acceptors (Lipinski definition) is 4. The molecule has 1 amide bonds. The smallest absolute Gasteiger partial charge is 0.277 e. The van der Waals surface area contributed by atoms with Crippen molar-refractivity contribution >= 4 is 41.0 Å². The summed E-state index contributed by atoms with van der Waals surface area (Å²) in [5.41, 5.74) is 4.36. The van der Waals surface area contributed by atoms with Crippen LogP contribution >= 0.6 is 23.2 Å². The van der Waals surface area contributed by atoms with Crippen LogP contribution in [0.3, 0.4) is 0 Å². The Morgan fingerprint density at radius 2 is 1.92 bits per heavy atom. The van der Waals surface area contributed by atoms with Crippen molar-refractivity contribution in [1.82, 2.24) is 5.43 Å². The molecule has 0 unspecified atom stereocenters. The van der Waals surface area contributed by atoms with Crippen molar-refractivity contribution in [2.75, 3.05) is 25.6 Å². The molecular formula is C17H17Cl2N3O2. The molecule has 0 radical (unpaired) electrons. The van der Waals surface area contributed by atoms with Gasteiger partial charge in [-0.05, 0) is 35.9 Å². The molecule has 0 saturated carbocycles. The number of ether oxygens (including phenoxy) is 1. The van der Waals surface area contributed by atoms with E-state index < -0.39 is 0 Å². The van der Waals surface area contributed by atoms with E-state index in [0.29, 0.717) is 15.8 Å². The zero-order chi connectivity index (χ0) is 17.5. The van der Waals surface area contributed by atoms with Crippen molar-refractivity contribution in [2.45, 2.75) is 0 Å². The Labute approximate surface area is 150 Å². The maximum Gasteiger partial charge on any atom is 0.277 e. The van der Waals surface area contributed by atoms with Crippen LogP contribution in [0, 0.1) is 0 Å². The molecule has 0 aliphatic rings. The van der Waals surface area contributed by atoms with Gasteiger partial charge in [-0.2, -0.15) is 5.10 Å². The number of carbonyl (C=O) groups is 1. The van der Waals surface area contributed by atoms with Gasteiger partial charge in [-0.15, -0.1) is 0 Å². The normalized spacial score (nSPS) is 10.7. The summed E-state index contributed by atoms with van der Waals surface area (Å²) in [6, 6.07) is 12.5. The number of nitrogens with one attached hydrogen (secondary N) is 1. The van der Waals surface area contributed by atoms with Crippen molar-refractivity contribution in [1.29, 1.82) is 0 Å². The van der Waals surface area contributed by atoms with E-state index >= 15 is 0 Å². The minimum Gasteiger partial charge on any atom is -0.482 e. The Bertz CT molecular complexity index is 731. The Balaban J connectivity index is 1.82. The molecular weight excluding hydrogens is 349 g/mol. The standard InChI is InChI=1S/C17H17Cl2N3O2/c1-22(2)14-6-3-12(4-7-14)10-20-21-17(23)11-24-16-8-5-13(18)9-15(16)19/h3-10H,11H2,1-2H3,(H,21,23). The average molecular weight is 366 g/mol. The summed E-state index contributed by atoms with van der Waals surface area (Å²) in [7, 11) is 3.94. The van der Waals surface area contributed by atoms with Gasteiger partial charge in [-0.3, -0.25) is 4.79 Å². The van der Waals surface area contributed by atoms with E-state index in [1.807, 2.05) is 43.3 Å². The van der Waals surface area contributed by atoms with Gasteiger partial charge >= 0.3 is 0 Å². The second-order valence-electron chi connectivity index (χ2n) is 5.14. The van der Waals surface area contributed by atoms with E-state index in [1.165, 1.54) is 0 Å². The molecule has 2 aromatic rings. The summed E-state index contributed by atoms with van der Waals surface area (Å²) in [4.78, 5) is 13.7. The summed E-state index contributed by atoms with van der Waals surface area (Å²) in [5, 5.41) is 4.74. The molecule has 0 aromatic heterocycles. The predicted octanol–water partition coefficient (Wildman–Crippen LogP) is 3.59. The van der Waals surface area contributed by atoms with Crippen LogP contribution in [0.4, 0.5) is 5.69 Å². The lowest BCUT2D eigenvalue weighted by Gasteiger charge is -2.11. The van der Waals surface area contributed by atoms with E-state index in [1.54, 1.807) is 24.4 Å². The minimum absolute atomic E-state index is 0.196. The molecule has 2 aromatic carbocycles. The number of carbonyl (C=O) groups excluding carboxylic acids is 1. The van der Waals surface area contributed by atoms with Crippen molar-refractivity contribution in [3.05, 3.63) is 58.1 Å². The number of rotatable bonds is 6. The summed E-state index contributed by atoms with van der Waals surface area (Å²) < 4.78 is 5.32. The number of hydrazone groups is 1. The van der Waals surface area contributed by atoms with E-state index in [2.05, 4.69) is 10.5 Å².